The van der Waals surface area contributed by atoms with Crippen molar-refractivity contribution >= 4 is 27.5 Å². The summed E-state index contributed by atoms with van der Waals surface area (Å²) >= 11 is 0. The summed E-state index contributed by atoms with van der Waals surface area (Å²) in [6.07, 6.45) is 1.70. The number of likely N-dealkylation sites (tertiary alicyclic amines) is 1. The summed E-state index contributed by atoms with van der Waals surface area (Å²) in [6.45, 7) is 7.18. The largest absolute Gasteiger partial charge is 0.339 e. The first-order valence-electron chi connectivity index (χ1n) is 12.1. The topological polar surface area (TPSA) is 148 Å². The van der Waals surface area contributed by atoms with Crippen LogP contribution in [-0.2, 0) is 21.2 Å². The molecule has 2 amide bonds. The lowest BCUT2D eigenvalue weighted by molar-refractivity contribution is -0.121. The van der Waals surface area contributed by atoms with E-state index in [1.54, 1.807) is 23.1 Å². The molecule has 37 heavy (non-hydrogen) atoms. The van der Waals surface area contributed by atoms with Gasteiger partial charge in [0, 0.05) is 42.2 Å². The van der Waals surface area contributed by atoms with Gasteiger partial charge in [0.2, 0.25) is 27.6 Å². The summed E-state index contributed by atoms with van der Waals surface area (Å²) in [4.78, 5) is 32.1. The average Bonchev–Trinajstić information content (AvgIpc) is 3.30. The van der Waals surface area contributed by atoms with Crippen molar-refractivity contribution in [3.63, 3.8) is 0 Å². The van der Waals surface area contributed by atoms with E-state index in [0.717, 1.165) is 0 Å². The number of hydrogen-bond donors (Lipinski definition) is 2. The quantitative estimate of drug-likeness (QED) is 0.500. The molecule has 2 aromatic carbocycles. The number of nitrogens with zero attached hydrogens (tertiary/aromatic N) is 3. The van der Waals surface area contributed by atoms with Crippen molar-refractivity contribution in [2.24, 2.45) is 16.5 Å². The fraction of sp³-hybridized carbons (Fsp3) is 0.385. The molecule has 1 saturated heterocycles. The molecule has 3 N–H and O–H groups in total. The van der Waals surface area contributed by atoms with Gasteiger partial charge in [-0.3, -0.25) is 9.59 Å². The number of benzene rings is 2. The maximum absolute atomic E-state index is 13.2. The standard InChI is InChI=1S/C26H31N5O5S/c1-26(2,3)16-22-29-23(30-36-22)18-5-4-6-19(15-18)25(33)31-13-11-17(12-14-31)24(32)28-20-7-9-21(10-8-20)37(27,34)35/h4-10,15,17H,11-14,16H2,1-3H3,(H,28,32)(H2,27,34,35). The number of nitrogens with two attached hydrogens (primary N) is 1. The van der Waals surface area contributed by atoms with Crippen molar-refractivity contribution in [3.05, 3.63) is 60.0 Å². The highest BCUT2D eigenvalue weighted by Crippen LogP contribution is 2.25. The molecule has 1 aromatic heterocycles. The molecule has 196 valence electrons. The minimum atomic E-state index is -3.79. The normalized spacial score (nSPS) is 15.0. The Morgan fingerprint density at radius 2 is 1.78 bits per heavy atom. The average molecular weight is 526 g/mol. The van der Waals surface area contributed by atoms with Crippen molar-refractivity contribution in [2.45, 2.75) is 44.9 Å². The van der Waals surface area contributed by atoms with Crippen LogP contribution in [0.5, 0.6) is 0 Å². The number of primary sulfonamides is 1. The van der Waals surface area contributed by atoms with Crippen LogP contribution in [0, 0.1) is 11.3 Å². The number of carbonyl (C=O) groups excluding carboxylic acids is 2. The van der Waals surface area contributed by atoms with Crippen molar-refractivity contribution in [3.8, 4) is 11.4 Å². The molecule has 11 heteroatoms. The van der Waals surface area contributed by atoms with Crippen molar-refractivity contribution < 1.29 is 22.5 Å². The molecule has 0 unspecified atom stereocenters. The van der Waals surface area contributed by atoms with E-state index in [9.17, 15) is 18.0 Å². The second-order valence-corrected chi connectivity index (χ2v) is 12.0. The fourth-order valence-corrected chi connectivity index (χ4v) is 4.70. The van der Waals surface area contributed by atoms with Crippen LogP contribution in [-0.4, -0.2) is 48.4 Å². The summed E-state index contributed by atoms with van der Waals surface area (Å²) in [5.41, 5.74) is 1.73. The van der Waals surface area contributed by atoms with Gasteiger partial charge in [-0.15, -0.1) is 0 Å². The third-order valence-corrected chi connectivity index (χ3v) is 7.05. The molecule has 0 bridgehead atoms. The number of sulfonamides is 1. The van der Waals surface area contributed by atoms with Crippen LogP contribution in [0.2, 0.25) is 0 Å². The number of anilines is 1. The highest BCUT2D eigenvalue weighted by molar-refractivity contribution is 7.89. The molecule has 0 spiro atoms. The van der Waals surface area contributed by atoms with Gasteiger partial charge in [-0.25, -0.2) is 13.6 Å². The Labute approximate surface area is 216 Å². The van der Waals surface area contributed by atoms with Gasteiger partial charge < -0.3 is 14.7 Å². The summed E-state index contributed by atoms with van der Waals surface area (Å²) in [5, 5.41) is 12.0. The van der Waals surface area contributed by atoms with Gasteiger partial charge >= 0.3 is 0 Å². The summed E-state index contributed by atoms with van der Waals surface area (Å²) in [6, 6.07) is 12.8. The van der Waals surface area contributed by atoms with Gasteiger partial charge in [0.15, 0.2) is 0 Å². The predicted molar refractivity (Wildman–Crippen MR) is 138 cm³/mol. The van der Waals surface area contributed by atoms with E-state index in [4.69, 9.17) is 9.66 Å². The SMILES string of the molecule is CC(C)(C)Cc1nc(-c2cccc(C(=O)N3CCC(C(=O)Nc4ccc(S(N)(=O)=O)cc4)CC3)c2)no1. The molecule has 10 nitrogen and oxygen atoms in total. The van der Waals surface area contributed by atoms with Gasteiger partial charge in [-0.1, -0.05) is 38.1 Å². The fourth-order valence-electron chi connectivity index (χ4n) is 4.19. The molecule has 1 fully saturated rings. The lowest BCUT2D eigenvalue weighted by Crippen LogP contribution is -2.41. The van der Waals surface area contributed by atoms with Crippen LogP contribution in [0.4, 0.5) is 5.69 Å². The number of rotatable bonds is 6. The van der Waals surface area contributed by atoms with Crippen LogP contribution >= 0.6 is 0 Å². The van der Waals surface area contributed by atoms with Gasteiger partial charge in [0.1, 0.15) is 0 Å². The minimum absolute atomic E-state index is 0.0168. The number of nitrogens with one attached hydrogen (secondary N) is 1. The van der Waals surface area contributed by atoms with E-state index in [0.29, 0.717) is 60.9 Å². The maximum Gasteiger partial charge on any atom is 0.253 e. The van der Waals surface area contributed by atoms with E-state index in [-0.39, 0.29) is 28.0 Å². The van der Waals surface area contributed by atoms with Crippen LogP contribution in [0.1, 0.15) is 49.9 Å². The number of carbonyl (C=O) groups is 2. The van der Waals surface area contributed by atoms with Crippen LogP contribution < -0.4 is 10.5 Å². The zero-order valence-electron chi connectivity index (χ0n) is 21.1. The zero-order valence-corrected chi connectivity index (χ0v) is 21.9. The first kappa shape index (κ1) is 26.5. The molecular formula is C26H31N5O5S. The highest BCUT2D eigenvalue weighted by Gasteiger charge is 2.28. The Morgan fingerprint density at radius 1 is 1.11 bits per heavy atom. The molecule has 1 aliphatic rings. The smallest absolute Gasteiger partial charge is 0.253 e. The van der Waals surface area contributed by atoms with E-state index >= 15 is 0 Å². The van der Waals surface area contributed by atoms with E-state index in [1.165, 1.54) is 24.3 Å². The Kier molecular flexibility index (Phi) is 7.47. The molecule has 0 radical (unpaired) electrons. The van der Waals surface area contributed by atoms with Gasteiger partial charge in [-0.05, 0) is 54.7 Å². The third kappa shape index (κ3) is 6.80. The predicted octanol–water partition coefficient (Wildman–Crippen LogP) is 3.46. The molecular weight excluding hydrogens is 494 g/mol. The van der Waals surface area contributed by atoms with Crippen LogP contribution in [0.25, 0.3) is 11.4 Å². The lowest BCUT2D eigenvalue weighted by atomic mass is 9.92. The lowest BCUT2D eigenvalue weighted by Gasteiger charge is -2.31. The minimum Gasteiger partial charge on any atom is -0.339 e. The van der Waals surface area contributed by atoms with E-state index < -0.39 is 10.0 Å². The van der Waals surface area contributed by atoms with E-state index in [1.807, 2.05) is 6.07 Å². The summed E-state index contributed by atoms with van der Waals surface area (Å²) in [7, 11) is -3.79. The molecule has 0 atom stereocenters. The molecule has 0 aliphatic carbocycles. The molecule has 3 aromatic rings. The Morgan fingerprint density at radius 3 is 2.41 bits per heavy atom. The molecule has 4 rings (SSSR count). The zero-order chi connectivity index (χ0) is 26.8. The van der Waals surface area contributed by atoms with Gasteiger partial charge in [0.25, 0.3) is 5.91 Å². The van der Waals surface area contributed by atoms with Crippen molar-refractivity contribution in [1.82, 2.24) is 15.0 Å². The van der Waals surface area contributed by atoms with Crippen LogP contribution in [0.3, 0.4) is 0 Å². The van der Waals surface area contributed by atoms with Gasteiger partial charge in [-0.2, -0.15) is 4.98 Å². The van der Waals surface area contributed by atoms with Crippen LogP contribution in [0.15, 0.2) is 57.9 Å². The maximum atomic E-state index is 13.2. The monoisotopic (exact) mass is 525 g/mol. The third-order valence-electron chi connectivity index (χ3n) is 6.12. The second kappa shape index (κ2) is 10.4. The Bertz CT molecular complexity index is 1390. The summed E-state index contributed by atoms with van der Waals surface area (Å²) in [5.74, 6) is 0.466. The van der Waals surface area contributed by atoms with Crippen molar-refractivity contribution in [1.29, 1.82) is 0 Å². The number of hydrogen-bond acceptors (Lipinski definition) is 7. The summed E-state index contributed by atoms with van der Waals surface area (Å²) < 4.78 is 28.2. The second-order valence-electron chi connectivity index (χ2n) is 10.5. The number of piperidine rings is 1. The molecule has 1 aliphatic heterocycles. The number of aromatic nitrogens is 2. The Hall–Kier alpha value is -3.57. The van der Waals surface area contributed by atoms with Crippen molar-refractivity contribution in [2.75, 3.05) is 18.4 Å². The molecule has 0 saturated carbocycles. The Balaban J connectivity index is 1.34. The molecule has 2 heterocycles. The van der Waals surface area contributed by atoms with E-state index in [2.05, 4.69) is 36.2 Å². The van der Waals surface area contributed by atoms with Gasteiger partial charge in [0.05, 0.1) is 4.90 Å². The number of amides is 2. The highest BCUT2D eigenvalue weighted by atomic mass is 32.2. The first-order valence-corrected chi connectivity index (χ1v) is 13.6. The first-order chi connectivity index (χ1) is 17.4.